The molecule has 38 heavy (non-hydrogen) atoms. The summed E-state index contributed by atoms with van der Waals surface area (Å²) in [6.07, 6.45) is 4.21. The fourth-order valence-corrected chi connectivity index (χ4v) is 5.70. The van der Waals surface area contributed by atoms with Crippen molar-refractivity contribution < 1.29 is 14.3 Å². The molecule has 2 aliphatic heterocycles. The topological polar surface area (TPSA) is 94.5 Å². The number of amides is 2. The largest absolute Gasteiger partial charge is 0.493 e. The molecule has 2 atom stereocenters. The Morgan fingerprint density at radius 2 is 1.82 bits per heavy atom. The normalized spacial score (nSPS) is 22.7. The van der Waals surface area contributed by atoms with Gasteiger partial charge in [-0.05, 0) is 41.7 Å². The molecule has 0 radical (unpaired) electrons. The summed E-state index contributed by atoms with van der Waals surface area (Å²) in [5.41, 5.74) is 2.82. The molecule has 6 rings (SSSR count). The molecule has 3 N–H and O–H groups in total. The first-order valence-corrected chi connectivity index (χ1v) is 13.3. The number of nitrogens with zero attached hydrogens (tertiary/aromatic N) is 1. The van der Waals surface area contributed by atoms with Crippen molar-refractivity contribution in [3.63, 3.8) is 0 Å². The highest BCUT2D eigenvalue weighted by Gasteiger charge is 2.45. The lowest BCUT2D eigenvalue weighted by molar-refractivity contribution is -0.131. The lowest BCUT2D eigenvalue weighted by Crippen LogP contribution is -2.60. The maximum absolute atomic E-state index is 13.5. The van der Waals surface area contributed by atoms with Crippen molar-refractivity contribution >= 4 is 17.8 Å². The Morgan fingerprint density at radius 3 is 2.61 bits per heavy atom. The summed E-state index contributed by atoms with van der Waals surface area (Å²) in [6, 6.07) is 25.0. The SMILES string of the molecule is N=C1NC(CC2CC2)(c2ccccc2)CC(=O)N1Cc1cccc(C(=O)N[C@H]2CCOc3ccccc32)c1. The Kier molecular flexibility index (Phi) is 6.35. The van der Waals surface area contributed by atoms with Crippen molar-refractivity contribution in [1.82, 2.24) is 15.5 Å². The van der Waals surface area contributed by atoms with E-state index in [1.165, 1.54) is 17.7 Å². The number of nitrogens with one attached hydrogen (secondary N) is 3. The molecule has 3 aromatic rings. The fourth-order valence-electron chi connectivity index (χ4n) is 5.70. The molecule has 7 heteroatoms. The van der Waals surface area contributed by atoms with Gasteiger partial charge < -0.3 is 15.4 Å². The van der Waals surface area contributed by atoms with E-state index >= 15 is 0 Å². The number of guanidine groups is 1. The molecule has 2 heterocycles. The average molecular weight is 509 g/mol. The van der Waals surface area contributed by atoms with Crippen LogP contribution in [0.2, 0.25) is 0 Å². The number of hydrogen-bond acceptors (Lipinski definition) is 4. The molecule has 194 valence electrons. The Bertz CT molecular complexity index is 1350. The summed E-state index contributed by atoms with van der Waals surface area (Å²) in [5.74, 6) is 1.26. The molecule has 7 nitrogen and oxygen atoms in total. The van der Waals surface area contributed by atoms with E-state index in [0.29, 0.717) is 30.9 Å². The third-order valence-electron chi connectivity index (χ3n) is 7.84. The number of hydrogen-bond donors (Lipinski definition) is 3. The first kappa shape index (κ1) is 24.2. The quantitative estimate of drug-likeness (QED) is 0.423. The number of fused-ring (bicyclic) bond motifs is 1. The molecule has 2 amide bonds. The van der Waals surface area contributed by atoms with Crippen LogP contribution in [-0.2, 0) is 16.9 Å². The summed E-state index contributed by atoms with van der Waals surface area (Å²) in [6.45, 7) is 0.791. The second kappa shape index (κ2) is 9.97. The van der Waals surface area contributed by atoms with Gasteiger partial charge >= 0.3 is 0 Å². The summed E-state index contributed by atoms with van der Waals surface area (Å²) < 4.78 is 5.72. The first-order chi connectivity index (χ1) is 18.5. The van der Waals surface area contributed by atoms with Gasteiger partial charge in [-0.15, -0.1) is 0 Å². The Labute approximate surface area is 222 Å². The van der Waals surface area contributed by atoms with Crippen LogP contribution in [0.25, 0.3) is 0 Å². The highest BCUT2D eigenvalue weighted by molar-refractivity contribution is 5.99. The van der Waals surface area contributed by atoms with Crippen molar-refractivity contribution in [3.05, 3.63) is 101 Å². The zero-order chi connectivity index (χ0) is 26.1. The molecular formula is C31H32N4O3. The average Bonchev–Trinajstić information content (AvgIpc) is 3.75. The van der Waals surface area contributed by atoms with E-state index < -0.39 is 5.54 Å². The van der Waals surface area contributed by atoms with E-state index in [9.17, 15) is 9.59 Å². The van der Waals surface area contributed by atoms with Crippen molar-refractivity contribution in [2.45, 2.75) is 50.2 Å². The molecular weight excluding hydrogens is 476 g/mol. The van der Waals surface area contributed by atoms with E-state index in [1.54, 1.807) is 6.07 Å². The molecule has 3 aliphatic rings. The predicted molar refractivity (Wildman–Crippen MR) is 145 cm³/mol. The zero-order valence-electron chi connectivity index (χ0n) is 21.3. The maximum atomic E-state index is 13.5. The van der Waals surface area contributed by atoms with Gasteiger partial charge in [0.15, 0.2) is 5.96 Å². The Balaban J connectivity index is 1.16. The van der Waals surface area contributed by atoms with E-state index in [0.717, 1.165) is 28.9 Å². The first-order valence-electron chi connectivity index (χ1n) is 13.3. The lowest BCUT2D eigenvalue weighted by atomic mass is 9.80. The van der Waals surface area contributed by atoms with Crippen LogP contribution in [0.3, 0.4) is 0 Å². The van der Waals surface area contributed by atoms with E-state index in [-0.39, 0.29) is 30.4 Å². The van der Waals surface area contributed by atoms with Crippen LogP contribution >= 0.6 is 0 Å². The molecule has 1 aliphatic carbocycles. The van der Waals surface area contributed by atoms with Crippen molar-refractivity contribution in [2.24, 2.45) is 5.92 Å². The van der Waals surface area contributed by atoms with Crippen LogP contribution in [0, 0.1) is 11.3 Å². The van der Waals surface area contributed by atoms with Gasteiger partial charge in [-0.1, -0.05) is 73.5 Å². The van der Waals surface area contributed by atoms with Gasteiger partial charge in [-0.2, -0.15) is 0 Å². The molecule has 1 saturated carbocycles. The van der Waals surface area contributed by atoms with Gasteiger partial charge in [0.2, 0.25) is 5.91 Å². The van der Waals surface area contributed by atoms with Gasteiger partial charge in [0.1, 0.15) is 5.75 Å². The molecule has 0 aromatic heterocycles. The van der Waals surface area contributed by atoms with Crippen LogP contribution in [0.5, 0.6) is 5.75 Å². The van der Waals surface area contributed by atoms with E-state index in [2.05, 4.69) is 10.6 Å². The van der Waals surface area contributed by atoms with Crippen LogP contribution in [0.1, 0.15) is 65.2 Å². The van der Waals surface area contributed by atoms with Gasteiger partial charge in [0, 0.05) is 17.5 Å². The minimum atomic E-state index is -0.547. The smallest absolute Gasteiger partial charge is 0.251 e. The zero-order valence-corrected chi connectivity index (χ0v) is 21.3. The van der Waals surface area contributed by atoms with Crippen LogP contribution < -0.4 is 15.4 Å². The number of carbonyl (C=O) groups excluding carboxylic acids is 2. The summed E-state index contributed by atoms with van der Waals surface area (Å²) in [5, 5.41) is 15.3. The summed E-state index contributed by atoms with van der Waals surface area (Å²) in [4.78, 5) is 28.1. The van der Waals surface area contributed by atoms with Crippen molar-refractivity contribution in [2.75, 3.05) is 6.61 Å². The van der Waals surface area contributed by atoms with E-state index in [4.69, 9.17) is 10.1 Å². The third kappa shape index (κ3) is 4.88. The molecule has 1 saturated heterocycles. The van der Waals surface area contributed by atoms with Crippen LogP contribution in [0.4, 0.5) is 0 Å². The molecule has 2 fully saturated rings. The minimum Gasteiger partial charge on any atom is -0.493 e. The second-order valence-electron chi connectivity index (χ2n) is 10.6. The lowest BCUT2D eigenvalue weighted by Gasteiger charge is -2.43. The molecule has 0 bridgehead atoms. The van der Waals surface area contributed by atoms with Gasteiger partial charge in [0.25, 0.3) is 5.91 Å². The predicted octanol–water partition coefficient (Wildman–Crippen LogP) is 4.89. The molecule has 0 spiro atoms. The Morgan fingerprint density at radius 1 is 1.03 bits per heavy atom. The van der Waals surface area contributed by atoms with Gasteiger partial charge in [-0.3, -0.25) is 19.9 Å². The minimum absolute atomic E-state index is 0.0769. The third-order valence-corrected chi connectivity index (χ3v) is 7.84. The number of carbonyl (C=O) groups is 2. The number of benzene rings is 3. The summed E-state index contributed by atoms with van der Waals surface area (Å²) in [7, 11) is 0. The maximum Gasteiger partial charge on any atom is 0.251 e. The fraction of sp³-hybridized carbons (Fsp3) is 0.323. The highest BCUT2D eigenvalue weighted by atomic mass is 16.5. The second-order valence-corrected chi connectivity index (χ2v) is 10.6. The molecule has 3 aromatic carbocycles. The van der Waals surface area contributed by atoms with Gasteiger partial charge in [0.05, 0.1) is 31.2 Å². The number of rotatable bonds is 7. The Hall–Kier alpha value is -4.13. The van der Waals surface area contributed by atoms with Crippen LogP contribution in [0.15, 0.2) is 78.9 Å². The molecule has 1 unspecified atom stereocenters. The number of ether oxygens (including phenoxy) is 1. The van der Waals surface area contributed by atoms with Crippen molar-refractivity contribution in [3.8, 4) is 5.75 Å². The van der Waals surface area contributed by atoms with Gasteiger partial charge in [-0.25, -0.2) is 0 Å². The summed E-state index contributed by atoms with van der Waals surface area (Å²) >= 11 is 0. The number of para-hydroxylation sites is 1. The van der Waals surface area contributed by atoms with Crippen molar-refractivity contribution in [1.29, 1.82) is 5.41 Å². The monoisotopic (exact) mass is 508 g/mol. The highest BCUT2D eigenvalue weighted by Crippen LogP contribution is 2.44. The standard InChI is InChI=1S/C31H32N4O3/c32-30-34-31(18-21-13-14-21,24-9-2-1-3-10-24)19-28(36)35(30)20-22-7-6-8-23(17-22)29(37)33-26-15-16-38-27-12-5-4-11-25(26)27/h1-12,17,21,26H,13-16,18-20H2,(H2,32,34)(H,33,37)/t26-,31?/m0/s1. The van der Waals surface area contributed by atoms with Crippen LogP contribution in [-0.4, -0.2) is 29.3 Å². The van der Waals surface area contributed by atoms with E-state index in [1.807, 2.05) is 72.8 Å².